The fourth-order valence-corrected chi connectivity index (χ4v) is 3.17. The van der Waals surface area contributed by atoms with Gasteiger partial charge in [0, 0.05) is 11.8 Å². The summed E-state index contributed by atoms with van der Waals surface area (Å²) >= 11 is 0. The standard InChI is InChI=1S/C15H17NO5S/c1-20-13-6-7-14(21-2)15(9-13)22(18,19)16-12-5-3-4-11(8-12)10-17/h3-9,16-17H,10H2,1-2H3. The van der Waals surface area contributed by atoms with Crippen LogP contribution in [0.25, 0.3) is 0 Å². The molecule has 22 heavy (non-hydrogen) atoms. The van der Waals surface area contributed by atoms with Crippen molar-refractivity contribution >= 4 is 15.7 Å². The molecule has 2 rings (SSSR count). The molecule has 6 nitrogen and oxygen atoms in total. The molecule has 2 N–H and O–H groups in total. The fourth-order valence-electron chi connectivity index (χ4n) is 1.94. The van der Waals surface area contributed by atoms with Crippen molar-refractivity contribution in [2.75, 3.05) is 18.9 Å². The molecule has 0 amide bonds. The summed E-state index contributed by atoms with van der Waals surface area (Å²) in [6, 6.07) is 11.0. The van der Waals surface area contributed by atoms with E-state index in [0.717, 1.165) is 0 Å². The quantitative estimate of drug-likeness (QED) is 0.849. The number of aliphatic hydroxyl groups is 1. The molecular formula is C15H17NO5S. The lowest BCUT2D eigenvalue weighted by molar-refractivity contribution is 0.282. The number of benzene rings is 2. The van der Waals surface area contributed by atoms with E-state index in [1.54, 1.807) is 30.3 Å². The second-order valence-electron chi connectivity index (χ2n) is 4.48. The number of sulfonamides is 1. The molecule has 0 fully saturated rings. The second kappa shape index (κ2) is 6.67. The molecule has 2 aromatic rings. The van der Waals surface area contributed by atoms with E-state index in [1.165, 1.54) is 26.4 Å². The van der Waals surface area contributed by atoms with Gasteiger partial charge < -0.3 is 14.6 Å². The summed E-state index contributed by atoms with van der Waals surface area (Å²) in [5, 5.41) is 9.11. The van der Waals surface area contributed by atoms with Gasteiger partial charge in [-0.25, -0.2) is 8.42 Å². The number of hydrogen-bond acceptors (Lipinski definition) is 5. The predicted molar refractivity (Wildman–Crippen MR) is 82.7 cm³/mol. The fraction of sp³-hybridized carbons (Fsp3) is 0.200. The van der Waals surface area contributed by atoms with Gasteiger partial charge in [-0.2, -0.15) is 0 Å². The minimum Gasteiger partial charge on any atom is -0.497 e. The highest BCUT2D eigenvalue weighted by Crippen LogP contribution is 2.29. The molecule has 0 saturated heterocycles. The maximum Gasteiger partial charge on any atom is 0.265 e. The van der Waals surface area contributed by atoms with Crippen LogP contribution >= 0.6 is 0 Å². The lowest BCUT2D eigenvalue weighted by Gasteiger charge is -2.13. The van der Waals surface area contributed by atoms with Crippen LogP contribution in [0.15, 0.2) is 47.4 Å². The number of aliphatic hydroxyl groups excluding tert-OH is 1. The Morgan fingerprint density at radius 2 is 1.86 bits per heavy atom. The average Bonchev–Trinajstić information content (AvgIpc) is 2.54. The van der Waals surface area contributed by atoms with E-state index < -0.39 is 10.0 Å². The van der Waals surface area contributed by atoms with Crippen LogP contribution in [0.3, 0.4) is 0 Å². The van der Waals surface area contributed by atoms with Crippen molar-refractivity contribution in [1.29, 1.82) is 0 Å². The van der Waals surface area contributed by atoms with Crippen LogP contribution in [0.5, 0.6) is 11.5 Å². The summed E-state index contributed by atoms with van der Waals surface area (Å²) in [6.45, 7) is -0.169. The summed E-state index contributed by atoms with van der Waals surface area (Å²) in [6.07, 6.45) is 0. The van der Waals surface area contributed by atoms with Gasteiger partial charge in [0.2, 0.25) is 0 Å². The Hall–Kier alpha value is -2.25. The molecular weight excluding hydrogens is 306 g/mol. The van der Waals surface area contributed by atoms with E-state index >= 15 is 0 Å². The van der Waals surface area contributed by atoms with Crippen molar-refractivity contribution in [3.63, 3.8) is 0 Å². The molecule has 0 aliphatic heterocycles. The van der Waals surface area contributed by atoms with Gasteiger partial charge in [0.15, 0.2) is 0 Å². The van der Waals surface area contributed by atoms with Gasteiger partial charge >= 0.3 is 0 Å². The molecule has 0 aliphatic carbocycles. The maximum absolute atomic E-state index is 12.5. The zero-order valence-electron chi connectivity index (χ0n) is 12.2. The summed E-state index contributed by atoms with van der Waals surface area (Å²) < 4.78 is 37.7. The van der Waals surface area contributed by atoms with E-state index in [4.69, 9.17) is 14.6 Å². The van der Waals surface area contributed by atoms with Crippen molar-refractivity contribution in [1.82, 2.24) is 0 Å². The summed E-state index contributed by atoms with van der Waals surface area (Å²) in [5.41, 5.74) is 0.967. The van der Waals surface area contributed by atoms with Gasteiger partial charge in [0.05, 0.1) is 20.8 Å². The number of hydrogen-bond donors (Lipinski definition) is 2. The van der Waals surface area contributed by atoms with E-state index in [0.29, 0.717) is 17.0 Å². The van der Waals surface area contributed by atoms with Gasteiger partial charge in [-0.05, 0) is 29.8 Å². The van der Waals surface area contributed by atoms with Crippen LogP contribution in [0, 0.1) is 0 Å². The van der Waals surface area contributed by atoms with Crippen LogP contribution in [0.2, 0.25) is 0 Å². The highest BCUT2D eigenvalue weighted by Gasteiger charge is 2.20. The summed E-state index contributed by atoms with van der Waals surface area (Å²) in [5.74, 6) is 0.622. The number of methoxy groups -OCH3 is 2. The Morgan fingerprint density at radius 3 is 2.50 bits per heavy atom. The van der Waals surface area contributed by atoms with E-state index in [1.807, 2.05) is 0 Å². The van der Waals surface area contributed by atoms with Crippen molar-refractivity contribution < 1.29 is 23.0 Å². The first kappa shape index (κ1) is 16.1. The summed E-state index contributed by atoms with van der Waals surface area (Å²) in [4.78, 5) is -0.0243. The predicted octanol–water partition coefficient (Wildman–Crippen LogP) is 2.00. The maximum atomic E-state index is 12.5. The largest absolute Gasteiger partial charge is 0.497 e. The van der Waals surface area contributed by atoms with Gasteiger partial charge in [-0.1, -0.05) is 12.1 Å². The third-order valence-corrected chi connectivity index (χ3v) is 4.42. The molecule has 118 valence electrons. The molecule has 0 heterocycles. The van der Waals surface area contributed by atoms with Crippen LogP contribution in [0.4, 0.5) is 5.69 Å². The van der Waals surface area contributed by atoms with Crippen molar-refractivity contribution in [3.05, 3.63) is 48.0 Å². The number of nitrogens with one attached hydrogen (secondary N) is 1. The second-order valence-corrected chi connectivity index (χ2v) is 6.13. The first-order valence-corrected chi connectivity index (χ1v) is 7.93. The third-order valence-electron chi connectivity index (χ3n) is 3.02. The minimum absolute atomic E-state index is 0.0243. The smallest absolute Gasteiger partial charge is 0.265 e. The van der Waals surface area contributed by atoms with Crippen molar-refractivity contribution in [2.24, 2.45) is 0 Å². The van der Waals surface area contributed by atoms with Gasteiger partial charge in [-0.15, -0.1) is 0 Å². The normalized spacial score (nSPS) is 11.0. The van der Waals surface area contributed by atoms with Crippen LogP contribution < -0.4 is 14.2 Å². The lowest BCUT2D eigenvalue weighted by Crippen LogP contribution is -2.14. The summed E-state index contributed by atoms with van der Waals surface area (Å²) in [7, 11) is -1.000. The van der Waals surface area contributed by atoms with Gasteiger partial charge in [-0.3, -0.25) is 4.72 Å². The highest BCUT2D eigenvalue weighted by atomic mass is 32.2. The SMILES string of the molecule is COc1ccc(OC)c(S(=O)(=O)Nc2cccc(CO)c2)c1. The molecule has 0 aromatic heterocycles. The molecule has 2 aromatic carbocycles. The molecule has 0 atom stereocenters. The Labute approximate surface area is 129 Å². The van der Waals surface area contributed by atoms with E-state index in [9.17, 15) is 8.42 Å². The lowest BCUT2D eigenvalue weighted by atomic mass is 10.2. The molecule has 0 saturated carbocycles. The average molecular weight is 323 g/mol. The van der Waals surface area contributed by atoms with Crippen LogP contribution in [-0.4, -0.2) is 27.7 Å². The highest BCUT2D eigenvalue weighted by molar-refractivity contribution is 7.92. The molecule has 0 aliphatic rings. The zero-order valence-corrected chi connectivity index (χ0v) is 13.1. The number of ether oxygens (including phenoxy) is 2. The van der Waals surface area contributed by atoms with Gasteiger partial charge in [0.1, 0.15) is 16.4 Å². The Kier molecular flexibility index (Phi) is 4.89. The Bertz CT molecular complexity index is 758. The zero-order chi connectivity index (χ0) is 16.2. The monoisotopic (exact) mass is 323 g/mol. The van der Waals surface area contributed by atoms with Crippen LogP contribution in [-0.2, 0) is 16.6 Å². The first-order valence-electron chi connectivity index (χ1n) is 6.45. The molecule has 0 radical (unpaired) electrons. The van der Waals surface area contributed by atoms with E-state index in [2.05, 4.69) is 4.72 Å². The molecule has 7 heteroatoms. The number of anilines is 1. The van der Waals surface area contributed by atoms with Crippen molar-refractivity contribution in [3.8, 4) is 11.5 Å². The topological polar surface area (TPSA) is 84.9 Å². The van der Waals surface area contributed by atoms with Crippen LogP contribution in [0.1, 0.15) is 5.56 Å². The Morgan fingerprint density at radius 1 is 1.09 bits per heavy atom. The molecule has 0 spiro atoms. The van der Waals surface area contributed by atoms with Crippen molar-refractivity contribution in [2.45, 2.75) is 11.5 Å². The minimum atomic E-state index is -3.85. The third kappa shape index (κ3) is 3.49. The number of rotatable bonds is 6. The Balaban J connectivity index is 2.41. The molecule has 0 unspecified atom stereocenters. The van der Waals surface area contributed by atoms with Gasteiger partial charge in [0.25, 0.3) is 10.0 Å². The molecule has 0 bridgehead atoms. The van der Waals surface area contributed by atoms with E-state index in [-0.39, 0.29) is 17.3 Å². The first-order chi connectivity index (χ1) is 10.5.